The smallest absolute Gasteiger partial charge is 0.319 e. The monoisotopic (exact) mass is 498 g/mol. The quantitative estimate of drug-likeness (QED) is 0.334. The summed E-state index contributed by atoms with van der Waals surface area (Å²) in [5.41, 5.74) is 4.32. The molecule has 8 heteroatoms. The molecule has 1 saturated carbocycles. The van der Waals surface area contributed by atoms with Gasteiger partial charge in [0.05, 0.1) is 35.8 Å². The minimum Gasteiger partial charge on any atom is -0.494 e. The number of nitrogens with one attached hydrogen (secondary N) is 3. The maximum atomic E-state index is 12.1. The number of fused-ring (bicyclic) bond motifs is 1. The Morgan fingerprint density at radius 1 is 1.24 bits per heavy atom. The number of ether oxygens (including phenoxy) is 1. The van der Waals surface area contributed by atoms with Crippen molar-refractivity contribution in [3.63, 3.8) is 0 Å². The Morgan fingerprint density at radius 3 is 2.70 bits per heavy atom. The van der Waals surface area contributed by atoms with Crippen LogP contribution in [0.2, 0.25) is 0 Å². The van der Waals surface area contributed by atoms with Gasteiger partial charge < -0.3 is 25.3 Å². The Kier molecular flexibility index (Phi) is 7.31. The molecule has 1 aliphatic carbocycles. The molecule has 0 bridgehead atoms. The molecule has 2 aliphatic rings. The summed E-state index contributed by atoms with van der Waals surface area (Å²) in [5.74, 6) is 1.89. The molecule has 2 amide bonds. The van der Waals surface area contributed by atoms with Gasteiger partial charge in [0, 0.05) is 42.2 Å². The molecule has 0 atom stereocenters. The lowest BCUT2D eigenvalue weighted by molar-refractivity contribution is 0.250. The fraction of sp³-hybridized carbons (Fsp3) is 0.414. The van der Waals surface area contributed by atoms with Gasteiger partial charge in [0.25, 0.3) is 0 Å². The Hall–Kier alpha value is -3.99. The second-order valence-corrected chi connectivity index (χ2v) is 10.0. The maximum Gasteiger partial charge on any atom is 0.319 e. The first kappa shape index (κ1) is 24.7. The summed E-state index contributed by atoms with van der Waals surface area (Å²) in [6.07, 6.45) is 5.17. The standard InChI is InChI=1S/C29H34N6O2/c1-19(2)33-29(36)34-21-10-8-20(9-11-21)28-25(18-30)24-13-12-23(17-26(24)35(28)22-5-3-6-22)37-16-4-7-27-31-14-15-32-27/h8-13,17,19,22H,3-7,14-16H2,1-2H3,(H,31,32)(H2,33,34,36). The molecule has 0 radical (unpaired) electrons. The second kappa shape index (κ2) is 11.0. The number of aliphatic imine (C=N–C) groups is 1. The summed E-state index contributed by atoms with van der Waals surface area (Å²) in [5, 5.41) is 20.1. The zero-order valence-corrected chi connectivity index (χ0v) is 21.5. The van der Waals surface area contributed by atoms with Crippen LogP contribution < -0.4 is 20.7 Å². The maximum absolute atomic E-state index is 12.1. The van der Waals surface area contributed by atoms with Crippen molar-refractivity contribution in [2.24, 2.45) is 4.99 Å². The molecule has 1 aliphatic heterocycles. The molecule has 2 heterocycles. The molecule has 1 aromatic heterocycles. The largest absolute Gasteiger partial charge is 0.494 e. The van der Waals surface area contributed by atoms with Crippen molar-refractivity contribution in [3.05, 3.63) is 48.0 Å². The molecule has 3 N–H and O–H groups in total. The molecule has 2 aromatic carbocycles. The van der Waals surface area contributed by atoms with Crippen molar-refractivity contribution in [3.8, 4) is 23.1 Å². The fourth-order valence-corrected chi connectivity index (χ4v) is 4.99. The highest BCUT2D eigenvalue weighted by Gasteiger charge is 2.28. The number of hydrogen-bond acceptors (Lipinski definition) is 5. The molecule has 37 heavy (non-hydrogen) atoms. The van der Waals surface area contributed by atoms with E-state index in [-0.39, 0.29) is 12.1 Å². The first-order valence-corrected chi connectivity index (χ1v) is 13.2. The number of anilines is 1. The van der Waals surface area contributed by atoms with E-state index in [4.69, 9.17) is 4.74 Å². The average Bonchev–Trinajstić information content (AvgIpc) is 3.47. The van der Waals surface area contributed by atoms with Gasteiger partial charge in [-0.3, -0.25) is 4.99 Å². The highest BCUT2D eigenvalue weighted by atomic mass is 16.5. The van der Waals surface area contributed by atoms with Crippen molar-refractivity contribution in [2.45, 2.75) is 58.0 Å². The van der Waals surface area contributed by atoms with Crippen LogP contribution in [0.5, 0.6) is 5.75 Å². The molecule has 8 nitrogen and oxygen atoms in total. The number of rotatable bonds is 9. The van der Waals surface area contributed by atoms with E-state index in [1.807, 2.05) is 50.2 Å². The minimum atomic E-state index is -0.232. The van der Waals surface area contributed by atoms with Gasteiger partial charge in [0.2, 0.25) is 0 Å². The van der Waals surface area contributed by atoms with Crippen molar-refractivity contribution in [1.29, 1.82) is 5.26 Å². The van der Waals surface area contributed by atoms with Crippen molar-refractivity contribution in [1.82, 2.24) is 15.2 Å². The number of benzene rings is 2. The Balaban J connectivity index is 1.42. The van der Waals surface area contributed by atoms with Crippen LogP contribution in [-0.2, 0) is 0 Å². The fourth-order valence-electron chi connectivity index (χ4n) is 4.99. The number of nitriles is 1. The third-order valence-electron chi connectivity index (χ3n) is 6.93. The van der Waals surface area contributed by atoms with Crippen molar-refractivity contribution < 1.29 is 9.53 Å². The number of aromatic nitrogens is 1. The predicted octanol–water partition coefficient (Wildman–Crippen LogP) is 5.60. The van der Waals surface area contributed by atoms with Gasteiger partial charge in [-0.1, -0.05) is 12.1 Å². The van der Waals surface area contributed by atoms with E-state index >= 15 is 0 Å². The SMILES string of the molecule is CC(C)NC(=O)Nc1ccc(-c2c(C#N)c3ccc(OCCCC4=NCCN4)cc3n2C2CCC2)cc1. The summed E-state index contributed by atoms with van der Waals surface area (Å²) in [7, 11) is 0. The van der Waals surface area contributed by atoms with E-state index in [9.17, 15) is 10.1 Å². The van der Waals surface area contributed by atoms with Crippen molar-refractivity contribution in [2.75, 3.05) is 25.0 Å². The van der Waals surface area contributed by atoms with Crippen LogP contribution in [0.15, 0.2) is 47.5 Å². The van der Waals surface area contributed by atoms with E-state index in [0.717, 1.165) is 72.5 Å². The van der Waals surface area contributed by atoms with Gasteiger partial charge in [-0.2, -0.15) is 5.26 Å². The Morgan fingerprint density at radius 2 is 2.05 bits per heavy atom. The molecular weight excluding hydrogens is 464 g/mol. The van der Waals surface area contributed by atoms with E-state index in [0.29, 0.717) is 23.9 Å². The summed E-state index contributed by atoms with van der Waals surface area (Å²) >= 11 is 0. The number of amides is 2. The van der Waals surface area contributed by atoms with Crippen LogP contribution in [0, 0.1) is 11.3 Å². The summed E-state index contributed by atoms with van der Waals surface area (Å²) in [6, 6.07) is 16.4. The molecule has 1 fully saturated rings. The summed E-state index contributed by atoms with van der Waals surface area (Å²) in [4.78, 5) is 16.5. The van der Waals surface area contributed by atoms with E-state index in [1.165, 1.54) is 6.42 Å². The summed E-state index contributed by atoms with van der Waals surface area (Å²) < 4.78 is 8.43. The van der Waals surface area contributed by atoms with Gasteiger partial charge in [0.1, 0.15) is 11.8 Å². The lowest BCUT2D eigenvalue weighted by Crippen LogP contribution is -2.34. The second-order valence-electron chi connectivity index (χ2n) is 10.0. The molecule has 192 valence electrons. The van der Waals surface area contributed by atoms with Crippen LogP contribution in [0.1, 0.15) is 57.6 Å². The first-order chi connectivity index (χ1) is 18.0. The van der Waals surface area contributed by atoms with Gasteiger partial charge in [-0.25, -0.2) is 4.79 Å². The predicted molar refractivity (Wildman–Crippen MR) is 147 cm³/mol. The molecular formula is C29H34N6O2. The third-order valence-corrected chi connectivity index (χ3v) is 6.93. The van der Waals surface area contributed by atoms with Crippen LogP contribution in [-0.4, -0.2) is 42.2 Å². The molecule has 3 aromatic rings. The van der Waals surface area contributed by atoms with Gasteiger partial charge in [-0.15, -0.1) is 0 Å². The normalized spacial score (nSPS) is 15.1. The number of urea groups is 1. The van der Waals surface area contributed by atoms with E-state index < -0.39 is 0 Å². The molecule has 5 rings (SSSR count). The number of carbonyl (C=O) groups excluding carboxylic acids is 1. The average molecular weight is 499 g/mol. The Bertz CT molecular complexity index is 1350. The molecule has 0 saturated heterocycles. The van der Waals surface area contributed by atoms with E-state index in [2.05, 4.69) is 37.6 Å². The number of amidine groups is 1. The van der Waals surface area contributed by atoms with E-state index in [1.54, 1.807) is 0 Å². The van der Waals surface area contributed by atoms with Crippen LogP contribution in [0.3, 0.4) is 0 Å². The molecule has 0 unspecified atom stereocenters. The molecule has 0 spiro atoms. The first-order valence-electron chi connectivity index (χ1n) is 13.2. The zero-order chi connectivity index (χ0) is 25.8. The third kappa shape index (κ3) is 5.41. The van der Waals surface area contributed by atoms with Gasteiger partial charge in [0.15, 0.2) is 0 Å². The van der Waals surface area contributed by atoms with Gasteiger partial charge >= 0.3 is 6.03 Å². The Labute approximate surface area is 217 Å². The highest BCUT2D eigenvalue weighted by Crippen LogP contribution is 2.43. The highest BCUT2D eigenvalue weighted by molar-refractivity contribution is 5.96. The van der Waals surface area contributed by atoms with Crippen LogP contribution in [0.25, 0.3) is 22.2 Å². The zero-order valence-electron chi connectivity index (χ0n) is 21.5. The van der Waals surface area contributed by atoms with Crippen LogP contribution >= 0.6 is 0 Å². The minimum absolute atomic E-state index is 0.0585. The lowest BCUT2D eigenvalue weighted by atomic mass is 9.92. The van der Waals surface area contributed by atoms with Gasteiger partial charge in [-0.05, 0) is 69.4 Å². The van der Waals surface area contributed by atoms with Crippen molar-refractivity contribution >= 4 is 28.5 Å². The summed E-state index contributed by atoms with van der Waals surface area (Å²) in [6.45, 7) is 6.26. The number of hydrogen-bond donors (Lipinski definition) is 3. The van der Waals surface area contributed by atoms with Crippen LogP contribution in [0.4, 0.5) is 10.5 Å². The number of nitrogens with zero attached hydrogens (tertiary/aromatic N) is 3. The lowest BCUT2D eigenvalue weighted by Gasteiger charge is -2.30. The topological polar surface area (TPSA) is 103 Å². The number of carbonyl (C=O) groups is 1.